The molecule has 0 aliphatic carbocycles. The van der Waals surface area contributed by atoms with Crippen LogP contribution >= 0.6 is 0 Å². The van der Waals surface area contributed by atoms with Gasteiger partial charge >= 0.3 is 0 Å². The lowest BCUT2D eigenvalue weighted by Crippen LogP contribution is -2.05. The molecule has 0 fully saturated rings. The highest BCUT2D eigenvalue weighted by Crippen LogP contribution is 2.24. The summed E-state index contributed by atoms with van der Waals surface area (Å²) in [5, 5.41) is 4.58. The van der Waals surface area contributed by atoms with Crippen LogP contribution in [-0.2, 0) is 0 Å². The standard InChI is InChI=1S/C18H16N2O2/c1-13(21)18-12-17(14-8-10-16(22-2)11-9-14)19-20(18)15-6-4-3-5-7-15/h3-12H,1-2H3. The van der Waals surface area contributed by atoms with Crippen LogP contribution in [0, 0.1) is 0 Å². The van der Waals surface area contributed by atoms with Gasteiger partial charge in [-0.25, -0.2) is 4.68 Å². The summed E-state index contributed by atoms with van der Waals surface area (Å²) in [7, 11) is 1.63. The predicted molar refractivity (Wildman–Crippen MR) is 85.6 cm³/mol. The van der Waals surface area contributed by atoms with Crippen LogP contribution < -0.4 is 4.74 Å². The summed E-state index contributed by atoms with van der Waals surface area (Å²) in [6.07, 6.45) is 0. The van der Waals surface area contributed by atoms with E-state index < -0.39 is 0 Å². The maximum atomic E-state index is 11.9. The van der Waals surface area contributed by atoms with Crippen LogP contribution in [0.3, 0.4) is 0 Å². The SMILES string of the molecule is COc1ccc(-c2cc(C(C)=O)n(-c3ccccc3)n2)cc1. The van der Waals surface area contributed by atoms with Crippen LogP contribution in [0.4, 0.5) is 0 Å². The molecule has 4 heteroatoms. The van der Waals surface area contributed by atoms with Crippen molar-refractivity contribution >= 4 is 5.78 Å². The van der Waals surface area contributed by atoms with E-state index in [0.717, 1.165) is 22.7 Å². The Balaban J connectivity index is 2.08. The van der Waals surface area contributed by atoms with Crippen LogP contribution in [0.1, 0.15) is 17.4 Å². The highest BCUT2D eigenvalue weighted by Gasteiger charge is 2.14. The molecular formula is C18H16N2O2. The van der Waals surface area contributed by atoms with Gasteiger partial charge in [0.05, 0.1) is 18.5 Å². The van der Waals surface area contributed by atoms with Crippen LogP contribution in [0.5, 0.6) is 5.75 Å². The first-order chi connectivity index (χ1) is 10.7. The van der Waals surface area contributed by atoms with Gasteiger partial charge in [-0.3, -0.25) is 4.79 Å². The normalized spacial score (nSPS) is 10.5. The van der Waals surface area contributed by atoms with Gasteiger partial charge in [-0.05, 0) is 42.5 Å². The molecule has 0 spiro atoms. The quantitative estimate of drug-likeness (QED) is 0.688. The van der Waals surface area contributed by atoms with Gasteiger partial charge in [0.15, 0.2) is 5.78 Å². The molecule has 1 heterocycles. The number of nitrogens with zero attached hydrogens (tertiary/aromatic N) is 2. The number of ether oxygens (including phenoxy) is 1. The molecule has 110 valence electrons. The lowest BCUT2D eigenvalue weighted by atomic mass is 10.1. The van der Waals surface area contributed by atoms with Crippen molar-refractivity contribution in [1.29, 1.82) is 0 Å². The van der Waals surface area contributed by atoms with E-state index in [-0.39, 0.29) is 5.78 Å². The monoisotopic (exact) mass is 292 g/mol. The number of Topliss-reactive ketones (excluding diaryl/α,β-unsaturated/α-hetero) is 1. The molecule has 0 radical (unpaired) electrons. The topological polar surface area (TPSA) is 44.1 Å². The van der Waals surface area contributed by atoms with E-state index in [9.17, 15) is 4.79 Å². The van der Waals surface area contributed by atoms with Gasteiger partial charge in [0.2, 0.25) is 0 Å². The average molecular weight is 292 g/mol. The number of hydrogen-bond acceptors (Lipinski definition) is 3. The highest BCUT2D eigenvalue weighted by molar-refractivity contribution is 5.94. The van der Waals surface area contributed by atoms with Crippen molar-refractivity contribution in [2.45, 2.75) is 6.92 Å². The Morgan fingerprint density at radius 3 is 2.32 bits per heavy atom. The number of aromatic nitrogens is 2. The van der Waals surface area contributed by atoms with E-state index in [2.05, 4.69) is 5.10 Å². The molecule has 0 aliphatic rings. The van der Waals surface area contributed by atoms with Gasteiger partial charge in [0.25, 0.3) is 0 Å². The third-order valence-corrected chi connectivity index (χ3v) is 3.46. The first-order valence-corrected chi connectivity index (χ1v) is 7.00. The summed E-state index contributed by atoms with van der Waals surface area (Å²) >= 11 is 0. The van der Waals surface area contributed by atoms with Gasteiger partial charge < -0.3 is 4.74 Å². The van der Waals surface area contributed by atoms with Crippen molar-refractivity contribution in [3.8, 4) is 22.7 Å². The molecule has 3 aromatic rings. The Labute approximate surface area is 129 Å². The van der Waals surface area contributed by atoms with Gasteiger partial charge in [-0.15, -0.1) is 0 Å². The largest absolute Gasteiger partial charge is 0.497 e. The lowest BCUT2D eigenvalue weighted by Gasteiger charge is -2.04. The van der Waals surface area contributed by atoms with Crippen molar-refractivity contribution in [3.05, 3.63) is 66.4 Å². The minimum Gasteiger partial charge on any atom is -0.497 e. The van der Waals surface area contributed by atoms with Crippen molar-refractivity contribution in [2.24, 2.45) is 0 Å². The van der Waals surface area contributed by atoms with Gasteiger partial charge in [0, 0.05) is 12.5 Å². The Kier molecular flexibility index (Phi) is 3.74. The molecule has 0 unspecified atom stereocenters. The minimum absolute atomic E-state index is 0.0175. The van der Waals surface area contributed by atoms with Gasteiger partial charge in [-0.1, -0.05) is 18.2 Å². The summed E-state index contributed by atoms with van der Waals surface area (Å²) in [6.45, 7) is 1.55. The summed E-state index contributed by atoms with van der Waals surface area (Å²) in [5.74, 6) is 0.772. The number of rotatable bonds is 4. The maximum absolute atomic E-state index is 11.9. The van der Waals surface area contributed by atoms with Crippen molar-refractivity contribution in [3.63, 3.8) is 0 Å². The number of para-hydroxylation sites is 1. The van der Waals surface area contributed by atoms with Crippen LogP contribution in [0.15, 0.2) is 60.7 Å². The third-order valence-electron chi connectivity index (χ3n) is 3.46. The molecule has 0 saturated carbocycles. The molecule has 22 heavy (non-hydrogen) atoms. The van der Waals surface area contributed by atoms with E-state index in [1.165, 1.54) is 0 Å². The molecule has 0 N–H and O–H groups in total. The van der Waals surface area contributed by atoms with E-state index in [1.807, 2.05) is 60.7 Å². The molecular weight excluding hydrogens is 276 g/mol. The summed E-state index contributed by atoms with van der Waals surface area (Å²) in [6, 6.07) is 19.1. The molecule has 0 atom stereocenters. The third kappa shape index (κ3) is 2.63. The molecule has 0 amide bonds. The molecule has 3 rings (SSSR count). The second kappa shape index (κ2) is 5.85. The fourth-order valence-electron chi connectivity index (χ4n) is 2.30. The van der Waals surface area contributed by atoms with Gasteiger partial charge in [-0.2, -0.15) is 5.10 Å². The summed E-state index contributed by atoms with van der Waals surface area (Å²) < 4.78 is 6.84. The van der Waals surface area contributed by atoms with E-state index in [0.29, 0.717) is 5.69 Å². The predicted octanol–water partition coefficient (Wildman–Crippen LogP) is 3.75. The molecule has 0 bridgehead atoms. The minimum atomic E-state index is -0.0175. The molecule has 0 aliphatic heterocycles. The lowest BCUT2D eigenvalue weighted by molar-refractivity contribution is 0.101. The molecule has 2 aromatic carbocycles. The van der Waals surface area contributed by atoms with E-state index in [4.69, 9.17) is 4.74 Å². The summed E-state index contributed by atoms with van der Waals surface area (Å²) in [4.78, 5) is 11.9. The maximum Gasteiger partial charge on any atom is 0.178 e. The fraction of sp³-hybridized carbons (Fsp3) is 0.111. The highest BCUT2D eigenvalue weighted by atomic mass is 16.5. The van der Waals surface area contributed by atoms with Crippen molar-refractivity contribution in [2.75, 3.05) is 7.11 Å². The van der Waals surface area contributed by atoms with Crippen LogP contribution in [0.25, 0.3) is 16.9 Å². The molecule has 1 aromatic heterocycles. The zero-order chi connectivity index (χ0) is 15.5. The summed E-state index contributed by atoms with van der Waals surface area (Å²) in [5.41, 5.74) is 3.14. The number of carbonyl (C=O) groups excluding carboxylic acids is 1. The fourth-order valence-corrected chi connectivity index (χ4v) is 2.30. The number of methoxy groups -OCH3 is 1. The van der Waals surface area contributed by atoms with E-state index >= 15 is 0 Å². The average Bonchev–Trinajstić information content (AvgIpc) is 3.01. The second-order valence-corrected chi connectivity index (χ2v) is 4.95. The number of ketones is 1. The Bertz CT molecular complexity index is 790. The zero-order valence-corrected chi connectivity index (χ0v) is 12.5. The van der Waals surface area contributed by atoms with Crippen LogP contribution in [-0.4, -0.2) is 22.7 Å². The first-order valence-electron chi connectivity index (χ1n) is 7.00. The first kappa shape index (κ1) is 14.1. The van der Waals surface area contributed by atoms with Crippen molar-refractivity contribution in [1.82, 2.24) is 9.78 Å². The van der Waals surface area contributed by atoms with Crippen molar-refractivity contribution < 1.29 is 9.53 Å². The van der Waals surface area contributed by atoms with Crippen LogP contribution in [0.2, 0.25) is 0 Å². The number of carbonyl (C=O) groups is 1. The zero-order valence-electron chi connectivity index (χ0n) is 12.5. The second-order valence-electron chi connectivity index (χ2n) is 4.95. The molecule has 4 nitrogen and oxygen atoms in total. The number of hydrogen-bond donors (Lipinski definition) is 0. The molecule has 0 saturated heterocycles. The van der Waals surface area contributed by atoms with E-state index in [1.54, 1.807) is 18.7 Å². The van der Waals surface area contributed by atoms with Gasteiger partial charge in [0.1, 0.15) is 11.4 Å². The number of benzene rings is 2. The smallest absolute Gasteiger partial charge is 0.178 e. The Hall–Kier alpha value is -2.88. The Morgan fingerprint density at radius 1 is 1.05 bits per heavy atom. The Morgan fingerprint density at radius 2 is 1.73 bits per heavy atom.